The second-order valence-corrected chi connectivity index (χ2v) is 7.52. The maximum absolute atomic E-state index is 12.4. The van der Waals surface area contributed by atoms with Crippen LogP contribution in [0.2, 0.25) is 0 Å². The van der Waals surface area contributed by atoms with Crippen LogP contribution in [0.1, 0.15) is 16.8 Å². The van der Waals surface area contributed by atoms with E-state index < -0.39 is 0 Å². The lowest BCUT2D eigenvalue weighted by molar-refractivity contribution is 0.415. The van der Waals surface area contributed by atoms with Crippen molar-refractivity contribution in [3.63, 3.8) is 0 Å². The fourth-order valence-corrected chi connectivity index (χ4v) is 3.75. The second kappa shape index (κ2) is 7.52. The van der Waals surface area contributed by atoms with E-state index in [0.717, 1.165) is 39.0 Å². The smallest absolute Gasteiger partial charge is 0.209 e. The SMILES string of the molecule is COc1cccc(-c2nc(SCc3cc(=O)c4ccc(C)c(C)c4[nH]3)n[nH]2)c1. The van der Waals surface area contributed by atoms with Crippen molar-refractivity contribution in [3.8, 4) is 17.1 Å². The molecule has 0 unspecified atom stereocenters. The maximum atomic E-state index is 12.4. The van der Waals surface area contributed by atoms with Crippen LogP contribution in [0.5, 0.6) is 5.75 Å². The normalized spacial score (nSPS) is 11.1. The molecule has 0 saturated heterocycles. The van der Waals surface area contributed by atoms with E-state index >= 15 is 0 Å². The minimum atomic E-state index is 0.0273. The van der Waals surface area contributed by atoms with Gasteiger partial charge in [0.1, 0.15) is 5.75 Å². The van der Waals surface area contributed by atoms with Crippen molar-refractivity contribution in [3.05, 3.63) is 69.5 Å². The summed E-state index contributed by atoms with van der Waals surface area (Å²) < 4.78 is 5.25. The van der Waals surface area contributed by atoms with Gasteiger partial charge in [0.2, 0.25) is 5.16 Å². The van der Waals surface area contributed by atoms with Gasteiger partial charge in [-0.2, -0.15) is 0 Å². The Kier molecular flexibility index (Phi) is 4.92. The summed E-state index contributed by atoms with van der Waals surface area (Å²) in [7, 11) is 1.63. The van der Waals surface area contributed by atoms with E-state index in [1.165, 1.54) is 11.8 Å². The Morgan fingerprint density at radius 3 is 2.82 bits per heavy atom. The van der Waals surface area contributed by atoms with Gasteiger partial charge >= 0.3 is 0 Å². The zero-order chi connectivity index (χ0) is 19.7. The van der Waals surface area contributed by atoms with Crippen molar-refractivity contribution in [1.29, 1.82) is 0 Å². The topological polar surface area (TPSA) is 83.7 Å². The van der Waals surface area contributed by atoms with Crippen LogP contribution < -0.4 is 10.2 Å². The summed E-state index contributed by atoms with van der Waals surface area (Å²) in [5.41, 5.74) is 4.94. The van der Waals surface area contributed by atoms with E-state index in [2.05, 4.69) is 20.2 Å². The van der Waals surface area contributed by atoms with Gasteiger partial charge in [0.15, 0.2) is 11.3 Å². The number of ether oxygens (including phenoxy) is 1. The number of aromatic amines is 2. The minimum absolute atomic E-state index is 0.0273. The predicted molar refractivity (Wildman–Crippen MR) is 112 cm³/mol. The summed E-state index contributed by atoms with van der Waals surface area (Å²) in [4.78, 5) is 20.4. The highest BCUT2D eigenvalue weighted by Crippen LogP contribution is 2.25. The van der Waals surface area contributed by atoms with Crippen molar-refractivity contribution < 1.29 is 4.74 Å². The molecule has 0 radical (unpaired) electrons. The van der Waals surface area contributed by atoms with E-state index in [0.29, 0.717) is 16.7 Å². The van der Waals surface area contributed by atoms with Crippen molar-refractivity contribution in [2.24, 2.45) is 0 Å². The highest BCUT2D eigenvalue weighted by atomic mass is 32.2. The third kappa shape index (κ3) is 3.53. The largest absolute Gasteiger partial charge is 0.497 e. The Morgan fingerprint density at radius 2 is 2.00 bits per heavy atom. The summed E-state index contributed by atoms with van der Waals surface area (Å²) >= 11 is 1.47. The average Bonchev–Trinajstić information content (AvgIpc) is 3.19. The number of thioether (sulfide) groups is 1. The number of aromatic nitrogens is 4. The Hall–Kier alpha value is -3.06. The van der Waals surface area contributed by atoms with Crippen LogP contribution in [0, 0.1) is 13.8 Å². The molecular formula is C21H20N4O2S. The van der Waals surface area contributed by atoms with Gasteiger partial charge in [0.25, 0.3) is 0 Å². The fourth-order valence-electron chi connectivity index (χ4n) is 3.05. The van der Waals surface area contributed by atoms with Gasteiger partial charge in [0.05, 0.1) is 12.6 Å². The highest BCUT2D eigenvalue weighted by Gasteiger charge is 2.10. The molecule has 2 aromatic carbocycles. The van der Waals surface area contributed by atoms with Crippen molar-refractivity contribution in [2.45, 2.75) is 24.8 Å². The number of fused-ring (bicyclic) bond motifs is 1. The number of pyridine rings is 1. The molecule has 7 heteroatoms. The molecule has 28 heavy (non-hydrogen) atoms. The third-order valence-electron chi connectivity index (χ3n) is 4.76. The van der Waals surface area contributed by atoms with Gasteiger partial charge in [-0.3, -0.25) is 9.89 Å². The first-order valence-corrected chi connectivity index (χ1v) is 9.85. The molecule has 0 atom stereocenters. The number of nitrogens with one attached hydrogen (secondary N) is 2. The van der Waals surface area contributed by atoms with Gasteiger partial charge in [-0.05, 0) is 43.2 Å². The molecule has 142 valence electrons. The number of methoxy groups -OCH3 is 1. The van der Waals surface area contributed by atoms with Gasteiger partial charge in [-0.1, -0.05) is 30.0 Å². The van der Waals surface area contributed by atoms with Crippen LogP contribution in [0.3, 0.4) is 0 Å². The first-order chi connectivity index (χ1) is 13.5. The van der Waals surface area contributed by atoms with Crippen LogP contribution in [-0.4, -0.2) is 27.3 Å². The van der Waals surface area contributed by atoms with Crippen LogP contribution in [0.15, 0.2) is 52.4 Å². The first kappa shape index (κ1) is 18.3. The van der Waals surface area contributed by atoms with Gasteiger partial charge in [-0.25, -0.2) is 4.98 Å². The van der Waals surface area contributed by atoms with Crippen molar-refractivity contribution in [1.82, 2.24) is 20.2 Å². The molecule has 0 aliphatic carbocycles. The molecule has 0 aliphatic rings. The zero-order valence-electron chi connectivity index (χ0n) is 15.9. The van der Waals surface area contributed by atoms with E-state index in [1.807, 2.05) is 50.2 Å². The molecule has 4 rings (SSSR count). The summed E-state index contributed by atoms with van der Waals surface area (Å²) in [6.45, 7) is 4.07. The monoisotopic (exact) mass is 392 g/mol. The fraction of sp³-hybridized carbons (Fsp3) is 0.190. The molecule has 0 aliphatic heterocycles. The van der Waals surface area contributed by atoms with Crippen LogP contribution in [0.4, 0.5) is 0 Å². The quantitative estimate of drug-likeness (QED) is 0.497. The average molecular weight is 392 g/mol. The Bertz CT molecular complexity index is 1210. The molecule has 6 nitrogen and oxygen atoms in total. The van der Waals surface area contributed by atoms with Crippen LogP contribution in [-0.2, 0) is 5.75 Å². The Balaban J connectivity index is 1.56. The molecule has 4 aromatic rings. The van der Waals surface area contributed by atoms with Gasteiger partial charge in [-0.15, -0.1) is 5.10 Å². The summed E-state index contributed by atoms with van der Waals surface area (Å²) in [5.74, 6) is 2.02. The van der Waals surface area contributed by atoms with Crippen molar-refractivity contribution in [2.75, 3.05) is 7.11 Å². The van der Waals surface area contributed by atoms with E-state index in [4.69, 9.17) is 4.74 Å². The molecular weight excluding hydrogens is 372 g/mol. The summed E-state index contributed by atoms with van der Waals surface area (Å²) in [5, 5.41) is 8.57. The number of H-pyrrole nitrogens is 2. The number of hydrogen-bond acceptors (Lipinski definition) is 5. The molecule has 0 spiro atoms. The standard InChI is InChI=1S/C21H20N4O2S/c1-12-7-8-17-18(26)10-15(22-19(17)13(12)2)11-28-21-23-20(24-25-21)14-5-4-6-16(9-14)27-3/h4-10H,11H2,1-3H3,(H,22,26)(H,23,24,25). The molecule has 2 aromatic heterocycles. The number of rotatable bonds is 5. The molecule has 0 bridgehead atoms. The molecule has 2 N–H and O–H groups in total. The highest BCUT2D eigenvalue weighted by molar-refractivity contribution is 7.98. The lowest BCUT2D eigenvalue weighted by atomic mass is 10.0. The van der Waals surface area contributed by atoms with E-state index in [-0.39, 0.29) is 5.43 Å². The number of benzene rings is 2. The molecule has 2 heterocycles. The lowest BCUT2D eigenvalue weighted by Gasteiger charge is -2.08. The molecule has 0 fully saturated rings. The van der Waals surface area contributed by atoms with Crippen LogP contribution in [0.25, 0.3) is 22.3 Å². The predicted octanol–water partition coefficient (Wildman–Crippen LogP) is 4.23. The Labute approximate surface area is 166 Å². The molecule has 0 saturated carbocycles. The lowest BCUT2D eigenvalue weighted by Crippen LogP contribution is -2.06. The minimum Gasteiger partial charge on any atom is -0.497 e. The second-order valence-electron chi connectivity index (χ2n) is 6.58. The van der Waals surface area contributed by atoms with E-state index in [9.17, 15) is 4.79 Å². The first-order valence-electron chi connectivity index (χ1n) is 8.87. The third-order valence-corrected chi connectivity index (χ3v) is 5.65. The number of nitrogens with zero attached hydrogens (tertiary/aromatic N) is 2. The summed E-state index contributed by atoms with van der Waals surface area (Å²) in [6, 6.07) is 13.2. The number of aryl methyl sites for hydroxylation is 2. The van der Waals surface area contributed by atoms with Crippen LogP contribution >= 0.6 is 11.8 Å². The Morgan fingerprint density at radius 1 is 1.14 bits per heavy atom. The number of hydrogen-bond donors (Lipinski definition) is 2. The van der Waals surface area contributed by atoms with E-state index in [1.54, 1.807) is 13.2 Å². The molecule has 0 amide bonds. The summed E-state index contributed by atoms with van der Waals surface area (Å²) in [6.07, 6.45) is 0. The zero-order valence-corrected chi connectivity index (χ0v) is 16.7. The maximum Gasteiger partial charge on any atom is 0.209 e. The van der Waals surface area contributed by atoms with Gasteiger partial charge in [0, 0.05) is 28.5 Å². The van der Waals surface area contributed by atoms with Crippen molar-refractivity contribution >= 4 is 22.7 Å². The van der Waals surface area contributed by atoms with Gasteiger partial charge < -0.3 is 9.72 Å².